The first kappa shape index (κ1) is 12.3. The summed E-state index contributed by atoms with van der Waals surface area (Å²) in [5.41, 5.74) is 2.01. The van der Waals surface area contributed by atoms with Crippen molar-refractivity contribution in [3.05, 3.63) is 29.0 Å². The second-order valence-corrected chi connectivity index (χ2v) is 5.67. The quantitative estimate of drug-likeness (QED) is 0.738. The summed E-state index contributed by atoms with van der Waals surface area (Å²) in [6, 6.07) is 6.53. The summed E-state index contributed by atoms with van der Waals surface area (Å²) in [5, 5.41) is 0.713. The molecule has 96 valence electrons. The van der Waals surface area contributed by atoms with Crippen LogP contribution in [0.25, 0.3) is 11.0 Å². The van der Waals surface area contributed by atoms with Crippen LogP contribution in [0.1, 0.15) is 38.1 Å². The number of aromatic nitrogens is 2. The smallest absolute Gasteiger partial charge is 0.125 e. The summed E-state index contributed by atoms with van der Waals surface area (Å²) >= 11 is 12.2. The highest BCUT2D eigenvalue weighted by atomic mass is 35.5. The van der Waals surface area contributed by atoms with Gasteiger partial charge < -0.3 is 4.57 Å². The molecule has 0 amide bonds. The van der Waals surface area contributed by atoms with Gasteiger partial charge >= 0.3 is 0 Å². The van der Waals surface area contributed by atoms with Gasteiger partial charge in [-0.05, 0) is 30.9 Å². The topological polar surface area (TPSA) is 17.8 Å². The average Bonchev–Trinajstić information content (AvgIpc) is 3.01. The molecule has 1 saturated carbocycles. The zero-order valence-corrected chi connectivity index (χ0v) is 11.9. The molecule has 3 rings (SSSR count). The summed E-state index contributed by atoms with van der Waals surface area (Å²) in [6.45, 7) is 2.24. The van der Waals surface area contributed by atoms with Crippen LogP contribution in [0.15, 0.2) is 18.2 Å². The summed E-state index contributed by atoms with van der Waals surface area (Å²) in [4.78, 5) is 4.59. The van der Waals surface area contributed by atoms with Crippen LogP contribution in [0, 0.1) is 5.92 Å². The molecule has 1 aromatic heterocycles. The maximum atomic E-state index is 6.20. The molecule has 2 aromatic rings. The average molecular weight is 283 g/mol. The van der Waals surface area contributed by atoms with Gasteiger partial charge in [-0.2, -0.15) is 0 Å². The van der Waals surface area contributed by atoms with Crippen molar-refractivity contribution in [1.82, 2.24) is 9.55 Å². The van der Waals surface area contributed by atoms with E-state index in [0.29, 0.717) is 16.9 Å². The predicted octanol–water partition coefficient (Wildman–Crippen LogP) is 4.79. The molecular formula is C14H16Cl2N2. The van der Waals surface area contributed by atoms with Crippen LogP contribution < -0.4 is 0 Å². The van der Waals surface area contributed by atoms with Crippen LogP contribution >= 0.6 is 23.2 Å². The van der Waals surface area contributed by atoms with E-state index in [2.05, 4.69) is 22.5 Å². The van der Waals surface area contributed by atoms with Gasteiger partial charge in [0.25, 0.3) is 0 Å². The number of para-hydroxylation sites is 1. The monoisotopic (exact) mass is 282 g/mol. The fourth-order valence-electron chi connectivity index (χ4n) is 2.82. The van der Waals surface area contributed by atoms with E-state index in [-0.39, 0.29) is 0 Å². The number of benzene rings is 1. The molecule has 0 N–H and O–H groups in total. The third kappa shape index (κ3) is 1.92. The van der Waals surface area contributed by atoms with Crippen LogP contribution in [0.2, 0.25) is 5.02 Å². The van der Waals surface area contributed by atoms with Crippen LogP contribution in [0.5, 0.6) is 0 Å². The Kier molecular flexibility index (Phi) is 3.25. The van der Waals surface area contributed by atoms with Gasteiger partial charge in [-0.15, -0.1) is 11.6 Å². The fraction of sp³-hybridized carbons (Fsp3) is 0.500. The van der Waals surface area contributed by atoms with Crippen LogP contribution in [-0.2, 0) is 5.88 Å². The van der Waals surface area contributed by atoms with E-state index in [0.717, 1.165) is 22.8 Å². The van der Waals surface area contributed by atoms with Crippen LogP contribution in [-0.4, -0.2) is 9.55 Å². The predicted molar refractivity (Wildman–Crippen MR) is 76.4 cm³/mol. The Hall–Kier alpha value is -0.730. The Morgan fingerprint density at radius 2 is 2.28 bits per heavy atom. The Morgan fingerprint density at radius 1 is 1.44 bits per heavy atom. The largest absolute Gasteiger partial charge is 0.324 e. The molecule has 0 saturated heterocycles. The van der Waals surface area contributed by atoms with Crippen molar-refractivity contribution >= 4 is 34.2 Å². The molecule has 18 heavy (non-hydrogen) atoms. The molecule has 1 aromatic carbocycles. The number of fused-ring (bicyclic) bond motifs is 1. The second kappa shape index (κ2) is 4.75. The maximum Gasteiger partial charge on any atom is 0.125 e. The normalized spacial score (nSPS) is 22.6. The number of hydrogen-bond acceptors (Lipinski definition) is 1. The van der Waals surface area contributed by atoms with Gasteiger partial charge in [0.2, 0.25) is 0 Å². The summed E-state index contributed by atoms with van der Waals surface area (Å²) in [6.07, 6.45) is 3.77. The van der Waals surface area contributed by atoms with Gasteiger partial charge in [-0.1, -0.05) is 31.0 Å². The highest BCUT2D eigenvalue weighted by molar-refractivity contribution is 6.35. The first-order valence-electron chi connectivity index (χ1n) is 6.47. The number of rotatable bonds is 4. The van der Waals surface area contributed by atoms with Crippen molar-refractivity contribution < 1.29 is 0 Å². The van der Waals surface area contributed by atoms with E-state index in [9.17, 15) is 0 Å². The lowest BCUT2D eigenvalue weighted by Gasteiger charge is -2.07. The minimum atomic E-state index is 0.445. The van der Waals surface area contributed by atoms with E-state index >= 15 is 0 Å². The van der Waals surface area contributed by atoms with E-state index < -0.39 is 0 Å². The Balaban J connectivity index is 2.07. The third-order valence-electron chi connectivity index (χ3n) is 3.74. The third-order valence-corrected chi connectivity index (χ3v) is 4.28. The molecule has 2 unspecified atom stereocenters. The standard InChI is InChI=1S/C14H16Cl2N2/c1-2-4-9-7-12(9)18-11-6-3-5-10(16)14(11)17-13(18)8-15/h3,5-6,9,12H,2,4,7-8H2,1H3. The van der Waals surface area contributed by atoms with Crippen molar-refractivity contribution in [1.29, 1.82) is 0 Å². The molecule has 0 bridgehead atoms. The molecule has 0 aliphatic heterocycles. The van der Waals surface area contributed by atoms with Crippen LogP contribution in [0.3, 0.4) is 0 Å². The summed E-state index contributed by atoms with van der Waals surface area (Å²) < 4.78 is 2.30. The number of alkyl halides is 1. The van der Waals surface area contributed by atoms with Crippen molar-refractivity contribution in [2.24, 2.45) is 5.92 Å². The Bertz CT molecular complexity index is 576. The fourth-order valence-corrected chi connectivity index (χ4v) is 3.22. The molecule has 0 radical (unpaired) electrons. The summed E-state index contributed by atoms with van der Waals surface area (Å²) in [7, 11) is 0. The summed E-state index contributed by atoms with van der Waals surface area (Å²) in [5.74, 6) is 2.18. The van der Waals surface area contributed by atoms with Crippen molar-refractivity contribution in [3.63, 3.8) is 0 Å². The van der Waals surface area contributed by atoms with Gasteiger partial charge in [0.15, 0.2) is 0 Å². The van der Waals surface area contributed by atoms with Crippen LogP contribution in [0.4, 0.5) is 0 Å². The molecule has 1 heterocycles. The van der Waals surface area contributed by atoms with Gasteiger partial charge in [0, 0.05) is 6.04 Å². The second-order valence-electron chi connectivity index (χ2n) is 4.99. The van der Waals surface area contributed by atoms with Gasteiger partial charge in [0.05, 0.1) is 16.4 Å². The molecule has 0 spiro atoms. The van der Waals surface area contributed by atoms with Gasteiger partial charge in [-0.3, -0.25) is 0 Å². The van der Waals surface area contributed by atoms with Crippen molar-refractivity contribution in [3.8, 4) is 0 Å². The van der Waals surface area contributed by atoms with Gasteiger partial charge in [-0.25, -0.2) is 4.98 Å². The number of imidazole rings is 1. The van der Waals surface area contributed by atoms with Gasteiger partial charge in [0.1, 0.15) is 11.3 Å². The highest BCUT2D eigenvalue weighted by Gasteiger charge is 2.39. The molecular weight excluding hydrogens is 267 g/mol. The molecule has 4 heteroatoms. The van der Waals surface area contributed by atoms with Crippen molar-refractivity contribution in [2.75, 3.05) is 0 Å². The number of hydrogen-bond donors (Lipinski definition) is 0. The number of nitrogens with zero attached hydrogens (tertiary/aromatic N) is 2. The minimum absolute atomic E-state index is 0.445. The Labute approximate surface area is 117 Å². The first-order valence-corrected chi connectivity index (χ1v) is 7.38. The first-order chi connectivity index (χ1) is 8.76. The zero-order valence-electron chi connectivity index (χ0n) is 10.4. The Morgan fingerprint density at radius 3 is 3.00 bits per heavy atom. The molecule has 2 atom stereocenters. The van der Waals surface area contributed by atoms with E-state index in [1.807, 2.05) is 12.1 Å². The lowest BCUT2D eigenvalue weighted by Crippen LogP contribution is -2.01. The zero-order chi connectivity index (χ0) is 12.7. The highest BCUT2D eigenvalue weighted by Crippen LogP contribution is 2.48. The lowest BCUT2D eigenvalue weighted by atomic mass is 10.2. The van der Waals surface area contributed by atoms with E-state index in [4.69, 9.17) is 23.2 Å². The van der Waals surface area contributed by atoms with E-state index in [1.54, 1.807) is 0 Å². The SMILES string of the molecule is CCCC1CC1n1c(CCl)nc2c(Cl)cccc21. The van der Waals surface area contributed by atoms with Crippen molar-refractivity contribution in [2.45, 2.75) is 38.1 Å². The lowest BCUT2D eigenvalue weighted by molar-refractivity contribution is 0.606. The maximum absolute atomic E-state index is 6.20. The van der Waals surface area contributed by atoms with E-state index in [1.165, 1.54) is 19.3 Å². The molecule has 2 nitrogen and oxygen atoms in total. The molecule has 1 aliphatic rings. The minimum Gasteiger partial charge on any atom is -0.324 e. The molecule has 1 fully saturated rings. The molecule has 1 aliphatic carbocycles. The number of halogens is 2.